The number of carbonyl (C=O) groups is 3. The SMILES string of the molecule is O=C(OCn1nnc2ccccc2c1=O)c1ccc2c(c1)C(=O)N(c1ccc(Cl)cc1)C2=O. The van der Waals surface area contributed by atoms with Crippen LogP contribution in [0.3, 0.4) is 0 Å². The van der Waals surface area contributed by atoms with Gasteiger partial charge in [-0.3, -0.25) is 14.4 Å². The summed E-state index contributed by atoms with van der Waals surface area (Å²) in [4.78, 5) is 51.7. The number of nitrogens with zero attached hydrogens (tertiary/aromatic N) is 4. The second-order valence-electron chi connectivity index (χ2n) is 7.15. The number of rotatable bonds is 4. The van der Waals surface area contributed by atoms with Crippen LogP contribution in [0.2, 0.25) is 5.02 Å². The van der Waals surface area contributed by atoms with Crippen molar-refractivity contribution in [3.05, 3.63) is 98.8 Å². The van der Waals surface area contributed by atoms with Crippen LogP contribution in [0, 0.1) is 0 Å². The number of benzene rings is 3. The van der Waals surface area contributed by atoms with Gasteiger partial charge in [-0.1, -0.05) is 28.9 Å². The van der Waals surface area contributed by atoms with Crippen LogP contribution in [0.5, 0.6) is 0 Å². The molecular formula is C23H13ClN4O5. The fraction of sp³-hybridized carbons (Fsp3) is 0.0435. The topological polar surface area (TPSA) is 111 Å². The Hall–Kier alpha value is -4.37. The van der Waals surface area contributed by atoms with E-state index in [2.05, 4.69) is 10.3 Å². The van der Waals surface area contributed by atoms with E-state index >= 15 is 0 Å². The smallest absolute Gasteiger partial charge is 0.339 e. The second-order valence-corrected chi connectivity index (χ2v) is 7.59. The van der Waals surface area contributed by atoms with E-state index in [9.17, 15) is 19.2 Å². The molecule has 0 saturated carbocycles. The first-order chi connectivity index (χ1) is 15.9. The van der Waals surface area contributed by atoms with Crippen molar-refractivity contribution in [2.24, 2.45) is 0 Å². The zero-order valence-corrected chi connectivity index (χ0v) is 17.5. The lowest BCUT2D eigenvalue weighted by atomic mass is 10.1. The zero-order valence-electron chi connectivity index (χ0n) is 16.8. The number of amides is 2. The van der Waals surface area contributed by atoms with Gasteiger partial charge in [0, 0.05) is 5.02 Å². The third-order valence-corrected chi connectivity index (χ3v) is 5.41. The third kappa shape index (κ3) is 3.54. The standard InChI is InChI=1S/C23H13ClN4O5/c24-14-6-8-15(9-7-14)28-21(30)16-10-5-13(11-18(16)22(28)31)23(32)33-12-27-20(29)17-3-1-2-4-19(17)25-26-27/h1-11H,12H2. The molecule has 2 amide bonds. The summed E-state index contributed by atoms with van der Waals surface area (Å²) in [7, 11) is 0. The molecule has 2 heterocycles. The number of carbonyl (C=O) groups excluding carboxylic acids is 3. The van der Waals surface area contributed by atoms with Crippen LogP contribution in [0.15, 0.2) is 71.5 Å². The number of esters is 1. The minimum absolute atomic E-state index is 0.0506. The van der Waals surface area contributed by atoms with Crippen LogP contribution in [0.1, 0.15) is 31.1 Å². The molecule has 0 N–H and O–H groups in total. The average Bonchev–Trinajstić information content (AvgIpc) is 3.08. The molecule has 0 unspecified atom stereocenters. The molecule has 5 rings (SSSR count). The molecule has 1 aliphatic rings. The Balaban J connectivity index is 1.37. The summed E-state index contributed by atoms with van der Waals surface area (Å²) >= 11 is 5.88. The van der Waals surface area contributed by atoms with Crippen LogP contribution < -0.4 is 10.5 Å². The number of ether oxygens (including phenoxy) is 1. The van der Waals surface area contributed by atoms with Gasteiger partial charge in [-0.25, -0.2) is 9.69 Å². The zero-order chi connectivity index (χ0) is 23.1. The Morgan fingerprint density at radius 3 is 2.42 bits per heavy atom. The van der Waals surface area contributed by atoms with Crippen molar-refractivity contribution in [3.63, 3.8) is 0 Å². The maximum atomic E-state index is 12.9. The first kappa shape index (κ1) is 20.5. The van der Waals surface area contributed by atoms with Crippen molar-refractivity contribution in [2.45, 2.75) is 6.73 Å². The van der Waals surface area contributed by atoms with E-state index in [-0.39, 0.29) is 16.7 Å². The summed E-state index contributed by atoms with van der Waals surface area (Å²) < 4.78 is 6.11. The molecule has 0 radical (unpaired) electrons. The van der Waals surface area contributed by atoms with Gasteiger partial charge in [0.05, 0.1) is 27.8 Å². The molecule has 0 aliphatic carbocycles. The van der Waals surface area contributed by atoms with Crippen molar-refractivity contribution in [1.82, 2.24) is 15.0 Å². The molecule has 9 nitrogen and oxygen atoms in total. The molecule has 0 fully saturated rings. The Morgan fingerprint density at radius 1 is 0.909 bits per heavy atom. The summed E-state index contributed by atoms with van der Waals surface area (Å²) in [5.74, 6) is -1.86. The van der Waals surface area contributed by atoms with Gasteiger partial charge in [0.15, 0.2) is 6.73 Å². The number of fused-ring (bicyclic) bond motifs is 2. The van der Waals surface area contributed by atoms with Gasteiger partial charge in [-0.15, -0.1) is 5.10 Å². The second kappa shape index (κ2) is 7.95. The number of hydrogen-bond acceptors (Lipinski definition) is 7. The normalized spacial score (nSPS) is 12.8. The highest BCUT2D eigenvalue weighted by Crippen LogP contribution is 2.30. The van der Waals surface area contributed by atoms with E-state index < -0.39 is 30.1 Å². The fourth-order valence-corrected chi connectivity index (χ4v) is 3.63. The lowest BCUT2D eigenvalue weighted by Crippen LogP contribution is -2.29. The van der Waals surface area contributed by atoms with Gasteiger partial charge in [-0.2, -0.15) is 4.68 Å². The van der Waals surface area contributed by atoms with E-state index in [1.165, 1.54) is 18.2 Å². The highest BCUT2D eigenvalue weighted by Gasteiger charge is 2.37. The quantitative estimate of drug-likeness (QED) is 0.340. The fourth-order valence-electron chi connectivity index (χ4n) is 3.50. The maximum absolute atomic E-state index is 12.9. The van der Waals surface area contributed by atoms with Crippen LogP contribution >= 0.6 is 11.6 Å². The van der Waals surface area contributed by atoms with E-state index in [4.69, 9.17) is 16.3 Å². The van der Waals surface area contributed by atoms with Crippen molar-refractivity contribution in [2.75, 3.05) is 4.90 Å². The predicted molar refractivity (Wildman–Crippen MR) is 118 cm³/mol. The van der Waals surface area contributed by atoms with Gasteiger partial charge >= 0.3 is 5.97 Å². The largest absolute Gasteiger partial charge is 0.439 e. The summed E-state index contributed by atoms with van der Waals surface area (Å²) in [6, 6.07) is 17.0. The number of imide groups is 1. The summed E-state index contributed by atoms with van der Waals surface area (Å²) in [6.45, 7) is -0.462. The molecule has 162 valence electrons. The molecule has 4 aromatic rings. The van der Waals surface area contributed by atoms with Crippen LogP contribution in [0.4, 0.5) is 5.69 Å². The van der Waals surface area contributed by atoms with Gasteiger partial charge in [0.2, 0.25) is 0 Å². The molecule has 0 bridgehead atoms. The number of halogens is 1. The number of aromatic nitrogens is 3. The van der Waals surface area contributed by atoms with E-state index in [0.717, 1.165) is 9.58 Å². The van der Waals surface area contributed by atoms with Gasteiger partial charge in [0.1, 0.15) is 5.52 Å². The molecule has 3 aromatic carbocycles. The van der Waals surface area contributed by atoms with Crippen LogP contribution in [-0.2, 0) is 11.5 Å². The molecule has 1 aliphatic heterocycles. The Morgan fingerprint density at radius 2 is 1.64 bits per heavy atom. The summed E-state index contributed by atoms with van der Waals surface area (Å²) in [5, 5.41) is 8.50. The van der Waals surface area contributed by atoms with E-state index in [1.54, 1.807) is 48.5 Å². The van der Waals surface area contributed by atoms with E-state index in [0.29, 0.717) is 21.6 Å². The molecule has 0 saturated heterocycles. The Kier molecular flexibility index (Phi) is 4.95. The highest BCUT2D eigenvalue weighted by molar-refractivity contribution is 6.35. The van der Waals surface area contributed by atoms with Gasteiger partial charge in [-0.05, 0) is 54.6 Å². The van der Waals surface area contributed by atoms with Gasteiger partial charge in [0.25, 0.3) is 17.4 Å². The lowest BCUT2D eigenvalue weighted by molar-refractivity contribution is 0.0336. The van der Waals surface area contributed by atoms with Gasteiger partial charge < -0.3 is 4.74 Å². The monoisotopic (exact) mass is 460 g/mol. The van der Waals surface area contributed by atoms with Crippen molar-refractivity contribution in [1.29, 1.82) is 0 Å². The highest BCUT2D eigenvalue weighted by atomic mass is 35.5. The number of hydrogen-bond donors (Lipinski definition) is 0. The van der Waals surface area contributed by atoms with Crippen LogP contribution in [0.25, 0.3) is 10.9 Å². The Bertz CT molecular complexity index is 1510. The Labute approximate surface area is 190 Å². The minimum atomic E-state index is -0.787. The third-order valence-electron chi connectivity index (χ3n) is 5.15. The van der Waals surface area contributed by atoms with Crippen molar-refractivity contribution < 1.29 is 19.1 Å². The molecule has 33 heavy (non-hydrogen) atoms. The molecule has 0 atom stereocenters. The number of anilines is 1. The summed E-state index contributed by atoms with van der Waals surface area (Å²) in [6.07, 6.45) is 0. The lowest BCUT2D eigenvalue weighted by Gasteiger charge is -2.13. The molecule has 1 aromatic heterocycles. The first-order valence-electron chi connectivity index (χ1n) is 9.72. The predicted octanol–water partition coefficient (Wildman–Crippen LogP) is 3.06. The summed E-state index contributed by atoms with van der Waals surface area (Å²) in [5.41, 5.74) is 0.632. The maximum Gasteiger partial charge on any atom is 0.339 e. The van der Waals surface area contributed by atoms with E-state index in [1.807, 2.05) is 0 Å². The minimum Gasteiger partial charge on any atom is -0.439 e. The molecule has 0 spiro atoms. The van der Waals surface area contributed by atoms with Crippen LogP contribution in [-0.4, -0.2) is 32.8 Å². The van der Waals surface area contributed by atoms with Crippen molar-refractivity contribution >= 4 is 46.0 Å². The first-order valence-corrected chi connectivity index (χ1v) is 10.1. The average molecular weight is 461 g/mol. The molecule has 10 heteroatoms. The van der Waals surface area contributed by atoms with Crippen molar-refractivity contribution in [3.8, 4) is 0 Å². The molecular weight excluding hydrogens is 448 g/mol.